The number of aliphatic hydroxyl groups excluding tert-OH is 1. The molecule has 1 N–H and O–H groups in total. The zero-order chi connectivity index (χ0) is 15.8. The van der Waals surface area contributed by atoms with Crippen molar-refractivity contribution in [2.75, 3.05) is 11.5 Å². The summed E-state index contributed by atoms with van der Waals surface area (Å²) < 4.78 is 73.6. The predicted molar refractivity (Wildman–Crippen MR) is 67.7 cm³/mol. The lowest BCUT2D eigenvalue weighted by Crippen LogP contribution is -2.12. The Morgan fingerprint density at radius 1 is 1.33 bits per heavy atom. The van der Waals surface area contributed by atoms with Crippen molar-refractivity contribution < 1.29 is 31.1 Å². The molecule has 1 aliphatic heterocycles. The standard InChI is InChI=1S/C13H14F4O3S/c14-11-2-1-9(6-10(11)13(15,16)17)12(18)5-8-3-4-21(19,20)7-8/h1-2,6,8,12,18H,3-5,7H2. The molecule has 0 spiro atoms. The zero-order valence-corrected chi connectivity index (χ0v) is 11.7. The monoisotopic (exact) mass is 326 g/mol. The summed E-state index contributed by atoms with van der Waals surface area (Å²) in [4.78, 5) is 0. The molecule has 1 heterocycles. The highest BCUT2D eigenvalue weighted by Crippen LogP contribution is 2.35. The van der Waals surface area contributed by atoms with Crippen molar-refractivity contribution in [3.8, 4) is 0 Å². The third-order valence-electron chi connectivity index (χ3n) is 3.56. The molecule has 0 bridgehead atoms. The molecule has 2 atom stereocenters. The second-order valence-corrected chi connectivity index (χ2v) is 7.49. The fourth-order valence-electron chi connectivity index (χ4n) is 2.48. The van der Waals surface area contributed by atoms with Gasteiger partial charge in [-0.2, -0.15) is 13.2 Å². The molecule has 8 heteroatoms. The average molecular weight is 326 g/mol. The Morgan fingerprint density at radius 2 is 2.00 bits per heavy atom. The molecule has 1 fully saturated rings. The van der Waals surface area contributed by atoms with E-state index < -0.39 is 33.5 Å². The van der Waals surface area contributed by atoms with Crippen molar-refractivity contribution >= 4 is 9.84 Å². The third kappa shape index (κ3) is 3.94. The summed E-state index contributed by atoms with van der Waals surface area (Å²) in [5.74, 6) is -1.73. The van der Waals surface area contributed by atoms with E-state index in [2.05, 4.69) is 0 Å². The smallest absolute Gasteiger partial charge is 0.388 e. The molecule has 2 unspecified atom stereocenters. The highest BCUT2D eigenvalue weighted by Gasteiger charge is 2.35. The fourth-order valence-corrected chi connectivity index (χ4v) is 4.36. The summed E-state index contributed by atoms with van der Waals surface area (Å²) in [5, 5.41) is 9.95. The molecule has 1 aromatic carbocycles. The highest BCUT2D eigenvalue weighted by molar-refractivity contribution is 7.91. The Labute approximate surface area is 119 Å². The van der Waals surface area contributed by atoms with Gasteiger partial charge in [0.15, 0.2) is 9.84 Å². The maximum atomic E-state index is 13.2. The van der Waals surface area contributed by atoms with Gasteiger partial charge in [-0.25, -0.2) is 12.8 Å². The quantitative estimate of drug-likeness (QED) is 0.869. The number of aliphatic hydroxyl groups is 1. The van der Waals surface area contributed by atoms with Gasteiger partial charge in [0, 0.05) is 0 Å². The number of benzene rings is 1. The first-order valence-electron chi connectivity index (χ1n) is 6.33. The number of halogens is 4. The molecule has 3 nitrogen and oxygen atoms in total. The number of sulfone groups is 1. The lowest BCUT2D eigenvalue weighted by Gasteiger charge is -2.17. The molecule has 0 radical (unpaired) electrons. The first-order valence-corrected chi connectivity index (χ1v) is 8.16. The second kappa shape index (κ2) is 5.57. The Balaban J connectivity index is 2.15. The van der Waals surface area contributed by atoms with Gasteiger partial charge in [-0.15, -0.1) is 0 Å². The van der Waals surface area contributed by atoms with E-state index in [9.17, 15) is 31.1 Å². The van der Waals surface area contributed by atoms with Crippen LogP contribution >= 0.6 is 0 Å². The summed E-state index contributed by atoms with van der Waals surface area (Å²) in [5.41, 5.74) is -1.49. The van der Waals surface area contributed by atoms with Gasteiger partial charge < -0.3 is 5.11 Å². The van der Waals surface area contributed by atoms with Crippen LogP contribution in [-0.2, 0) is 16.0 Å². The van der Waals surface area contributed by atoms with Gasteiger partial charge in [0.25, 0.3) is 0 Å². The number of hydrogen-bond acceptors (Lipinski definition) is 3. The van der Waals surface area contributed by atoms with E-state index in [0.717, 1.165) is 6.07 Å². The summed E-state index contributed by atoms with van der Waals surface area (Å²) in [6, 6.07) is 2.31. The van der Waals surface area contributed by atoms with E-state index >= 15 is 0 Å². The first-order chi connectivity index (χ1) is 9.58. The van der Waals surface area contributed by atoms with Crippen molar-refractivity contribution in [2.24, 2.45) is 5.92 Å². The number of alkyl halides is 3. The number of hydrogen-bond donors (Lipinski definition) is 1. The molecule has 0 amide bonds. The van der Waals surface area contributed by atoms with Crippen molar-refractivity contribution in [1.82, 2.24) is 0 Å². The normalized spacial score (nSPS) is 23.2. The highest BCUT2D eigenvalue weighted by atomic mass is 32.2. The maximum Gasteiger partial charge on any atom is 0.419 e. The lowest BCUT2D eigenvalue weighted by molar-refractivity contribution is -0.140. The van der Waals surface area contributed by atoms with Gasteiger partial charge in [-0.1, -0.05) is 6.07 Å². The lowest BCUT2D eigenvalue weighted by atomic mass is 9.95. The van der Waals surface area contributed by atoms with Crippen LogP contribution in [0.25, 0.3) is 0 Å². The molecule has 1 saturated heterocycles. The Morgan fingerprint density at radius 3 is 2.52 bits per heavy atom. The third-order valence-corrected chi connectivity index (χ3v) is 5.40. The van der Waals surface area contributed by atoms with E-state index in [0.29, 0.717) is 18.6 Å². The van der Waals surface area contributed by atoms with Crippen molar-refractivity contribution in [3.63, 3.8) is 0 Å². The molecular weight excluding hydrogens is 312 g/mol. The number of rotatable bonds is 3. The Hall–Kier alpha value is -1.15. The fraction of sp³-hybridized carbons (Fsp3) is 0.538. The van der Waals surface area contributed by atoms with E-state index in [1.54, 1.807) is 0 Å². The van der Waals surface area contributed by atoms with Crippen LogP contribution in [-0.4, -0.2) is 25.0 Å². The Kier molecular flexibility index (Phi) is 4.30. The Bertz CT molecular complexity index is 625. The predicted octanol–water partition coefficient (Wildman–Crippen LogP) is 2.70. The summed E-state index contributed by atoms with van der Waals surface area (Å²) in [6.45, 7) is 0. The molecule has 118 valence electrons. The van der Waals surface area contributed by atoms with E-state index in [1.807, 2.05) is 0 Å². The molecule has 0 aliphatic carbocycles. The van der Waals surface area contributed by atoms with Gasteiger partial charge in [0.05, 0.1) is 23.2 Å². The van der Waals surface area contributed by atoms with Crippen LogP contribution in [0.3, 0.4) is 0 Å². The van der Waals surface area contributed by atoms with E-state index in [4.69, 9.17) is 0 Å². The molecule has 1 aliphatic rings. The SMILES string of the molecule is O=S1(=O)CCC(CC(O)c2ccc(F)c(C(F)(F)F)c2)C1. The minimum absolute atomic E-state index is 0.0294. The summed E-state index contributed by atoms with van der Waals surface area (Å²) >= 11 is 0. The summed E-state index contributed by atoms with van der Waals surface area (Å²) in [7, 11) is -3.11. The topological polar surface area (TPSA) is 54.4 Å². The van der Waals surface area contributed by atoms with Crippen molar-refractivity contribution in [2.45, 2.75) is 25.1 Å². The zero-order valence-electron chi connectivity index (χ0n) is 10.9. The van der Waals surface area contributed by atoms with Crippen LogP contribution in [0.5, 0.6) is 0 Å². The molecule has 0 aromatic heterocycles. The summed E-state index contributed by atoms with van der Waals surface area (Å²) in [6.07, 6.45) is -5.66. The molecule has 0 saturated carbocycles. The van der Waals surface area contributed by atoms with Gasteiger partial charge in [0.2, 0.25) is 0 Å². The van der Waals surface area contributed by atoms with Gasteiger partial charge >= 0.3 is 6.18 Å². The maximum absolute atomic E-state index is 13.2. The van der Waals surface area contributed by atoms with Gasteiger partial charge in [0.1, 0.15) is 5.82 Å². The first kappa shape index (κ1) is 16.2. The van der Waals surface area contributed by atoms with E-state index in [-0.39, 0.29) is 29.4 Å². The van der Waals surface area contributed by atoms with E-state index in [1.165, 1.54) is 0 Å². The van der Waals surface area contributed by atoms with Crippen LogP contribution in [0, 0.1) is 11.7 Å². The van der Waals surface area contributed by atoms with Crippen molar-refractivity contribution in [1.29, 1.82) is 0 Å². The van der Waals surface area contributed by atoms with Crippen LogP contribution in [0.1, 0.15) is 30.1 Å². The van der Waals surface area contributed by atoms with Crippen LogP contribution < -0.4 is 0 Å². The molecular formula is C13H14F4O3S. The van der Waals surface area contributed by atoms with Crippen LogP contribution in [0.2, 0.25) is 0 Å². The molecule has 2 rings (SSSR count). The second-order valence-electron chi connectivity index (χ2n) is 5.26. The minimum Gasteiger partial charge on any atom is -0.388 e. The minimum atomic E-state index is -4.84. The molecule has 21 heavy (non-hydrogen) atoms. The van der Waals surface area contributed by atoms with Gasteiger partial charge in [-0.05, 0) is 36.5 Å². The molecule has 1 aromatic rings. The van der Waals surface area contributed by atoms with Gasteiger partial charge in [-0.3, -0.25) is 0 Å². The van der Waals surface area contributed by atoms with Crippen LogP contribution in [0.15, 0.2) is 18.2 Å². The van der Waals surface area contributed by atoms with Crippen molar-refractivity contribution in [3.05, 3.63) is 35.1 Å². The van der Waals surface area contributed by atoms with Crippen LogP contribution in [0.4, 0.5) is 17.6 Å². The average Bonchev–Trinajstić information content (AvgIpc) is 2.67. The largest absolute Gasteiger partial charge is 0.419 e.